The summed E-state index contributed by atoms with van der Waals surface area (Å²) in [6, 6.07) is 3.16. The number of aryl methyl sites for hydroxylation is 1. The van der Waals surface area contributed by atoms with Crippen molar-refractivity contribution in [2.75, 3.05) is 6.61 Å². The van der Waals surface area contributed by atoms with Gasteiger partial charge in [-0.3, -0.25) is 14.0 Å². The van der Waals surface area contributed by atoms with Gasteiger partial charge in [-0.05, 0) is 25.5 Å². The van der Waals surface area contributed by atoms with E-state index in [-0.39, 0.29) is 12.2 Å². The highest BCUT2D eigenvalue weighted by molar-refractivity contribution is 5.93. The van der Waals surface area contributed by atoms with E-state index in [0.717, 1.165) is 5.56 Å². The molecule has 0 aliphatic rings. The molecule has 1 unspecified atom stereocenters. The molecule has 2 heterocycles. The van der Waals surface area contributed by atoms with Crippen LogP contribution in [0, 0.1) is 6.92 Å². The molecule has 1 amide bonds. The zero-order chi connectivity index (χ0) is 14.0. The fourth-order valence-corrected chi connectivity index (χ4v) is 1.75. The molecule has 0 aliphatic carbocycles. The summed E-state index contributed by atoms with van der Waals surface area (Å²) in [5, 5.41) is 11.4. The molecule has 2 aromatic heterocycles. The van der Waals surface area contributed by atoms with Gasteiger partial charge in [-0.15, -0.1) is 0 Å². The third kappa shape index (κ3) is 2.48. The predicted octanol–water partition coefficient (Wildman–Crippen LogP) is 0.114. The number of aromatic nitrogens is 2. The molecule has 6 nitrogen and oxygen atoms in total. The minimum Gasteiger partial charge on any atom is -0.394 e. The first kappa shape index (κ1) is 13.2. The zero-order valence-electron chi connectivity index (χ0n) is 10.8. The number of carbonyl (C=O) groups is 1. The lowest BCUT2D eigenvalue weighted by Crippen LogP contribution is -2.38. The number of aliphatic hydroxyl groups is 1. The van der Waals surface area contributed by atoms with Crippen molar-refractivity contribution in [3.8, 4) is 0 Å². The van der Waals surface area contributed by atoms with Crippen LogP contribution >= 0.6 is 0 Å². The van der Waals surface area contributed by atoms with Gasteiger partial charge in [0.25, 0.3) is 11.5 Å². The van der Waals surface area contributed by atoms with Gasteiger partial charge >= 0.3 is 0 Å². The standard InChI is InChI=1S/C13H15N3O3/c1-8-4-3-5-16-11(8)14-6-10(13(16)19)12(18)15-9(2)7-17/h3-6,9,17H,7H2,1-2H3,(H,15,18). The largest absolute Gasteiger partial charge is 0.394 e. The summed E-state index contributed by atoms with van der Waals surface area (Å²) in [4.78, 5) is 28.2. The minimum atomic E-state index is -0.532. The minimum absolute atomic E-state index is 0.0385. The van der Waals surface area contributed by atoms with E-state index in [1.165, 1.54) is 10.6 Å². The first-order valence-electron chi connectivity index (χ1n) is 5.93. The van der Waals surface area contributed by atoms with E-state index in [0.29, 0.717) is 5.65 Å². The Labute approximate surface area is 109 Å². The van der Waals surface area contributed by atoms with E-state index >= 15 is 0 Å². The Morgan fingerprint density at radius 1 is 1.58 bits per heavy atom. The molecule has 2 rings (SSSR count). The second kappa shape index (κ2) is 5.19. The molecule has 0 saturated carbocycles. The molecule has 100 valence electrons. The number of rotatable bonds is 3. The van der Waals surface area contributed by atoms with Crippen molar-refractivity contribution in [2.24, 2.45) is 0 Å². The topological polar surface area (TPSA) is 83.7 Å². The first-order chi connectivity index (χ1) is 9.04. The number of pyridine rings is 1. The van der Waals surface area contributed by atoms with Crippen LogP contribution in [-0.4, -0.2) is 33.0 Å². The average Bonchev–Trinajstić information content (AvgIpc) is 2.39. The van der Waals surface area contributed by atoms with Crippen molar-refractivity contribution in [1.29, 1.82) is 0 Å². The van der Waals surface area contributed by atoms with Gasteiger partial charge in [-0.2, -0.15) is 0 Å². The Kier molecular flexibility index (Phi) is 3.62. The SMILES string of the molecule is Cc1cccn2c(=O)c(C(=O)NC(C)CO)cnc12. The molecular formula is C13H15N3O3. The summed E-state index contributed by atoms with van der Waals surface area (Å²) in [6.07, 6.45) is 2.84. The van der Waals surface area contributed by atoms with Crippen LogP contribution in [0.4, 0.5) is 0 Å². The van der Waals surface area contributed by atoms with E-state index < -0.39 is 17.5 Å². The predicted molar refractivity (Wildman–Crippen MR) is 70.2 cm³/mol. The second-order valence-electron chi connectivity index (χ2n) is 4.42. The maximum atomic E-state index is 12.2. The van der Waals surface area contributed by atoms with Crippen molar-refractivity contribution < 1.29 is 9.90 Å². The van der Waals surface area contributed by atoms with E-state index in [4.69, 9.17) is 5.11 Å². The van der Waals surface area contributed by atoms with Crippen molar-refractivity contribution in [3.05, 3.63) is 46.0 Å². The fourth-order valence-electron chi connectivity index (χ4n) is 1.75. The Morgan fingerprint density at radius 3 is 3.00 bits per heavy atom. The zero-order valence-corrected chi connectivity index (χ0v) is 10.8. The Hall–Kier alpha value is -2.21. The molecule has 0 aromatic carbocycles. The number of nitrogens with one attached hydrogen (secondary N) is 1. The van der Waals surface area contributed by atoms with Crippen molar-refractivity contribution in [3.63, 3.8) is 0 Å². The van der Waals surface area contributed by atoms with Gasteiger partial charge in [-0.1, -0.05) is 6.07 Å². The number of nitrogens with zero attached hydrogens (tertiary/aromatic N) is 2. The monoisotopic (exact) mass is 261 g/mol. The smallest absolute Gasteiger partial charge is 0.270 e. The van der Waals surface area contributed by atoms with Gasteiger partial charge in [0.05, 0.1) is 6.61 Å². The summed E-state index contributed by atoms with van der Waals surface area (Å²) in [6.45, 7) is 3.30. The Balaban J connectivity index is 2.49. The van der Waals surface area contributed by atoms with Crippen LogP contribution in [0.5, 0.6) is 0 Å². The second-order valence-corrected chi connectivity index (χ2v) is 4.42. The Morgan fingerprint density at radius 2 is 2.32 bits per heavy atom. The fraction of sp³-hybridized carbons (Fsp3) is 0.308. The third-order valence-electron chi connectivity index (χ3n) is 2.82. The van der Waals surface area contributed by atoms with Gasteiger partial charge in [0, 0.05) is 18.4 Å². The first-order valence-corrected chi connectivity index (χ1v) is 5.93. The molecule has 0 saturated heterocycles. The lowest BCUT2D eigenvalue weighted by atomic mass is 10.2. The molecule has 2 N–H and O–H groups in total. The van der Waals surface area contributed by atoms with Crippen molar-refractivity contribution in [2.45, 2.75) is 19.9 Å². The summed E-state index contributed by atoms with van der Waals surface area (Å²) in [5.41, 5.74) is 0.925. The average molecular weight is 261 g/mol. The lowest BCUT2D eigenvalue weighted by Gasteiger charge is -2.11. The molecule has 1 atom stereocenters. The van der Waals surface area contributed by atoms with E-state index in [1.54, 1.807) is 19.2 Å². The quantitative estimate of drug-likeness (QED) is 0.821. The summed E-state index contributed by atoms with van der Waals surface area (Å²) >= 11 is 0. The lowest BCUT2D eigenvalue weighted by molar-refractivity contribution is 0.0920. The highest BCUT2D eigenvalue weighted by atomic mass is 16.3. The highest BCUT2D eigenvalue weighted by Gasteiger charge is 2.15. The highest BCUT2D eigenvalue weighted by Crippen LogP contribution is 2.04. The van der Waals surface area contributed by atoms with Crippen LogP contribution in [0.3, 0.4) is 0 Å². The number of amides is 1. The van der Waals surface area contributed by atoms with E-state index in [1.807, 2.05) is 13.0 Å². The van der Waals surface area contributed by atoms with E-state index in [2.05, 4.69) is 10.3 Å². The Bertz CT molecular complexity index is 678. The van der Waals surface area contributed by atoms with Gasteiger partial charge in [-0.25, -0.2) is 4.98 Å². The molecule has 0 aliphatic heterocycles. The number of carbonyl (C=O) groups excluding carboxylic acids is 1. The number of aliphatic hydroxyl groups excluding tert-OH is 1. The summed E-state index contributed by atoms with van der Waals surface area (Å²) < 4.78 is 1.34. The normalized spacial score (nSPS) is 12.4. The molecule has 0 spiro atoms. The molecular weight excluding hydrogens is 246 g/mol. The molecule has 0 bridgehead atoms. The summed E-state index contributed by atoms with van der Waals surface area (Å²) in [7, 11) is 0. The van der Waals surface area contributed by atoms with Gasteiger partial charge in [0.15, 0.2) is 0 Å². The molecule has 0 fully saturated rings. The van der Waals surface area contributed by atoms with Crippen LogP contribution in [0.15, 0.2) is 29.3 Å². The van der Waals surface area contributed by atoms with Crippen molar-refractivity contribution in [1.82, 2.24) is 14.7 Å². The maximum Gasteiger partial charge on any atom is 0.270 e. The van der Waals surface area contributed by atoms with Crippen molar-refractivity contribution >= 4 is 11.6 Å². The molecule has 19 heavy (non-hydrogen) atoms. The molecule has 2 aromatic rings. The molecule has 0 radical (unpaired) electrons. The number of fused-ring (bicyclic) bond motifs is 1. The number of hydrogen-bond donors (Lipinski definition) is 2. The van der Waals surface area contributed by atoms with Gasteiger partial charge < -0.3 is 10.4 Å². The van der Waals surface area contributed by atoms with E-state index in [9.17, 15) is 9.59 Å². The maximum absolute atomic E-state index is 12.2. The van der Waals surface area contributed by atoms with Crippen LogP contribution in [0.25, 0.3) is 5.65 Å². The van der Waals surface area contributed by atoms with Gasteiger partial charge in [0.2, 0.25) is 0 Å². The van der Waals surface area contributed by atoms with Crippen LogP contribution in [0.1, 0.15) is 22.8 Å². The van der Waals surface area contributed by atoms with Crippen LogP contribution in [-0.2, 0) is 0 Å². The van der Waals surface area contributed by atoms with Gasteiger partial charge in [0.1, 0.15) is 11.2 Å². The third-order valence-corrected chi connectivity index (χ3v) is 2.82. The summed E-state index contributed by atoms with van der Waals surface area (Å²) in [5.74, 6) is -0.532. The van der Waals surface area contributed by atoms with Crippen LogP contribution in [0.2, 0.25) is 0 Å². The molecule has 6 heteroatoms. The number of hydrogen-bond acceptors (Lipinski definition) is 4. The van der Waals surface area contributed by atoms with Crippen LogP contribution < -0.4 is 10.9 Å².